The first-order valence-corrected chi connectivity index (χ1v) is 7.09. The standard InChI is InChI=1S/C17H15N3O3/c1-12-19-20-17(23-12)13-7-9-14(10-8-13)18-16(21)11-22-15-5-3-2-4-6-15/h2-10H,11H2,1H3,(H,18,21). The summed E-state index contributed by atoms with van der Waals surface area (Å²) in [5.74, 6) is 1.39. The Morgan fingerprint density at radius 1 is 1.09 bits per heavy atom. The van der Waals surface area contributed by atoms with Gasteiger partial charge in [0.15, 0.2) is 6.61 Å². The topological polar surface area (TPSA) is 77.2 Å². The Balaban J connectivity index is 1.56. The zero-order valence-corrected chi connectivity index (χ0v) is 12.5. The molecule has 1 amide bonds. The van der Waals surface area contributed by atoms with Crippen LogP contribution in [0.3, 0.4) is 0 Å². The van der Waals surface area contributed by atoms with Gasteiger partial charge in [0.2, 0.25) is 11.8 Å². The van der Waals surface area contributed by atoms with E-state index in [9.17, 15) is 4.79 Å². The van der Waals surface area contributed by atoms with Gasteiger partial charge in [-0.1, -0.05) is 18.2 Å². The average Bonchev–Trinajstić information content (AvgIpc) is 3.01. The number of nitrogens with zero attached hydrogens (tertiary/aromatic N) is 2. The number of carbonyl (C=O) groups is 1. The lowest BCUT2D eigenvalue weighted by Gasteiger charge is -2.07. The zero-order valence-electron chi connectivity index (χ0n) is 12.5. The molecule has 0 spiro atoms. The molecule has 0 fully saturated rings. The number of hydrogen-bond acceptors (Lipinski definition) is 5. The van der Waals surface area contributed by atoms with Crippen LogP contribution < -0.4 is 10.1 Å². The minimum atomic E-state index is -0.227. The largest absolute Gasteiger partial charge is 0.484 e. The molecule has 1 heterocycles. The van der Waals surface area contributed by atoms with Crippen LogP contribution in [0.2, 0.25) is 0 Å². The molecule has 1 N–H and O–H groups in total. The lowest BCUT2D eigenvalue weighted by atomic mass is 10.2. The van der Waals surface area contributed by atoms with E-state index < -0.39 is 0 Å². The van der Waals surface area contributed by atoms with Crippen LogP contribution in [-0.2, 0) is 4.79 Å². The molecule has 0 radical (unpaired) electrons. The maximum atomic E-state index is 11.9. The van der Waals surface area contributed by atoms with Crippen molar-refractivity contribution in [2.24, 2.45) is 0 Å². The summed E-state index contributed by atoms with van der Waals surface area (Å²) in [7, 11) is 0. The number of anilines is 1. The average molecular weight is 309 g/mol. The molecular formula is C17H15N3O3. The molecule has 2 aromatic carbocycles. The van der Waals surface area contributed by atoms with Crippen molar-refractivity contribution in [3.63, 3.8) is 0 Å². The van der Waals surface area contributed by atoms with Crippen molar-refractivity contribution in [2.75, 3.05) is 11.9 Å². The van der Waals surface area contributed by atoms with E-state index in [1.54, 1.807) is 43.3 Å². The molecule has 0 saturated carbocycles. The molecule has 6 heteroatoms. The Morgan fingerprint density at radius 3 is 2.48 bits per heavy atom. The molecule has 1 aromatic heterocycles. The van der Waals surface area contributed by atoms with Gasteiger partial charge in [-0.3, -0.25) is 4.79 Å². The van der Waals surface area contributed by atoms with Gasteiger partial charge >= 0.3 is 0 Å². The van der Waals surface area contributed by atoms with Crippen molar-refractivity contribution in [3.8, 4) is 17.2 Å². The molecule has 0 bridgehead atoms. The highest BCUT2D eigenvalue weighted by atomic mass is 16.5. The van der Waals surface area contributed by atoms with Gasteiger partial charge in [-0.2, -0.15) is 0 Å². The summed E-state index contributed by atoms with van der Waals surface area (Å²) in [4.78, 5) is 11.9. The van der Waals surface area contributed by atoms with Gasteiger partial charge in [0, 0.05) is 18.2 Å². The molecule has 0 aliphatic heterocycles. The number of aryl methyl sites for hydroxylation is 1. The quantitative estimate of drug-likeness (QED) is 0.783. The predicted octanol–water partition coefficient (Wildman–Crippen LogP) is 3.06. The molecule has 0 saturated heterocycles. The summed E-state index contributed by atoms with van der Waals surface area (Å²) in [5, 5.41) is 10.5. The van der Waals surface area contributed by atoms with E-state index >= 15 is 0 Å². The zero-order chi connectivity index (χ0) is 16.1. The number of rotatable bonds is 5. The number of nitrogens with one attached hydrogen (secondary N) is 1. The first kappa shape index (κ1) is 14.8. The highest BCUT2D eigenvalue weighted by Gasteiger charge is 2.07. The van der Waals surface area contributed by atoms with Gasteiger partial charge in [0.25, 0.3) is 5.91 Å². The Kier molecular flexibility index (Phi) is 4.33. The van der Waals surface area contributed by atoms with Crippen LogP contribution in [-0.4, -0.2) is 22.7 Å². The second kappa shape index (κ2) is 6.74. The van der Waals surface area contributed by atoms with Crippen molar-refractivity contribution < 1.29 is 13.9 Å². The van der Waals surface area contributed by atoms with E-state index in [2.05, 4.69) is 15.5 Å². The van der Waals surface area contributed by atoms with Crippen LogP contribution in [0.1, 0.15) is 5.89 Å². The number of ether oxygens (including phenoxy) is 1. The predicted molar refractivity (Wildman–Crippen MR) is 85.0 cm³/mol. The minimum absolute atomic E-state index is 0.0470. The van der Waals surface area contributed by atoms with Crippen LogP contribution >= 0.6 is 0 Å². The molecule has 116 valence electrons. The minimum Gasteiger partial charge on any atom is -0.484 e. The summed E-state index contributed by atoms with van der Waals surface area (Å²) >= 11 is 0. The first-order chi connectivity index (χ1) is 11.2. The Morgan fingerprint density at radius 2 is 1.83 bits per heavy atom. The lowest BCUT2D eigenvalue weighted by Crippen LogP contribution is -2.20. The second-order valence-electron chi connectivity index (χ2n) is 4.85. The van der Waals surface area contributed by atoms with Crippen molar-refractivity contribution >= 4 is 11.6 Å². The molecule has 0 aliphatic rings. The van der Waals surface area contributed by atoms with E-state index in [4.69, 9.17) is 9.15 Å². The Bertz CT molecular complexity index is 782. The van der Waals surface area contributed by atoms with E-state index in [0.717, 1.165) is 5.56 Å². The van der Waals surface area contributed by atoms with Crippen molar-refractivity contribution in [1.29, 1.82) is 0 Å². The van der Waals surface area contributed by atoms with Crippen LogP contribution in [0, 0.1) is 6.92 Å². The van der Waals surface area contributed by atoms with Crippen molar-refractivity contribution in [3.05, 3.63) is 60.5 Å². The molecule has 6 nitrogen and oxygen atoms in total. The molecule has 0 aliphatic carbocycles. The number of para-hydroxylation sites is 1. The third-order valence-electron chi connectivity index (χ3n) is 3.05. The lowest BCUT2D eigenvalue weighted by molar-refractivity contribution is -0.118. The maximum Gasteiger partial charge on any atom is 0.262 e. The number of aromatic nitrogens is 2. The molecule has 3 aromatic rings. The Hall–Kier alpha value is -3.15. The third kappa shape index (κ3) is 3.94. The fourth-order valence-electron chi connectivity index (χ4n) is 1.97. The van der Waals surface area contributed by atoms with Crippen LogP contribution in [0.5, 0.6) is 5.75 Å². The summed E-state index contributed by atoms with van der Waals surface area (Å²) in [6.07, 6.45) is 0. The van der Waals surface area contributed by atoms with Crippen molar-refractivity contribution in [2.45, 2.75) is 6.92 Å². The van der Waals surface area contributed by atoms with Gasteiger partial charge in [-0.15, -0.1) is 10.2 Å². The van der Waals surface area contributed by atoms with E-state index in [1.807, 2.05) is 18.2 Å². The summed E-state index contributed by atoms with van der Waals surface area (Å²) in [6.45, 7) is 1.69. The smallest absolute Gasteiger partial charge is 0.262 e. The van der Waals surface area contributed by atoms with Crippen LogP contribution in [0.4, 0.5) is 5.69 Å². The van der Waals surface area contributed by atoms with Crippen LogP contribution in [0.15, 0.2) is 59.0 Å². The van der Waals surface area contributed by atoms with Gasteiger partial charge in [0.05, 0.1) is 0 Å². The number of benzene rings is 2. The SMILES string of the molecule is Cc1nnc(-c2ccc(NC(=O)COc3ccccc3)cc2)o1. The number of hydrogen-bond donors (Lipinski definition) is 1. The summed E-state index contributed by atoms with van der Waals surface area (Å²) in [5.41, 5.74) is 1.47. The summed E-state index contributed by atoms with van der Waals surface area (Å²) < 4.78 is 10.7. The van der Waals surface area contributed by atoms with Crippen molar-refractivity contribution in [1.82, 2.24) is 10.2 Å². The first-order valence-electron chi connectivity index (χ1n) is 7.09. The van der Waals surface area contributed by atoms with E-state index in [1.165, 1.54) is 0 Å². The number of carbonyl (C=O) groups excluding carboxylic acids is 1. The number of amides is 1. The third-order valence-corrected chi connectivity index (χ3v) is 3.05. The highest BCUT2D eigenvalue weighted by Crippen LogP contribution is 2.20. The molecule has 0 unspecified atom stereocenters. The van der Waals surface area contributed by atoms with Gasteiger partial charge < -0.3 is 14.5 Å². The second-order valence-corrected chi connectivity index (χ2v) is 4.85. The van der Waals surface area contributed by atoms with Gasteiger partial charge in [-0.05, 0) is 36.4 Å². The molecular weight excluding hydrogens is 294 g/mol. The molecule has 0 atom stereocenters. The monoisotopic (exact) mass is 309 g/mol. The molecule has 23 heavy (non-hydrogen) atoms. The fraction of sp³-hybridized carbons (Fsp3) is 0.118. The Labute approximate surface area is 133 Å². The normalized spacial score (nSPS) is 10.3. The summed E-state index contributed by atoms with van der Waals surface area (Å²) in [6, 6.07) is 16.4. The highest BCUT2D eigenvalue weighted by molar-refractivity contribution is 5.92. The van der Waals surface area contributed by atoms with Crippen LogP contribution in [0.25, 0.3) is 11.5 Å². The van der Waals surface area contributed by atoms with E-state index in [-0.39, 0.29) is 12.5 Å². The maximum absolute atomic E-state index is 11.9. The fourth-order valence-corrected chi connectivity index (χ4v) is 1.97. The molecule has 3 rings (SSSR count). The van der Waals surface area contributed by atoms with Gasteiger partial charge in [0.1, 0.15) is 5.75 Å². The van der Waals surface area contributed by atoms with Gasteiger partial charge in [-0.25, -0.2) is 0 Å². The van der Waals surface area contributed by atoms with E-state index in [0.29, 0.717) is 23.2 Å².